The van der Waals surface area contributed by atoms with Gasteiger partial charge in [-0.25, -0.2) is 9.78 Å². The van der Waals surface area contributed by atoms with Crippen molar-refractivity contribution in [3.8, 4) is 0 Å². The van der Waals surface area contributed by atoms with Crippen molar-refractivity contribution in [2.24, 2.45) is 5.92 Å². The second-order valence-electron chi connectivity index (χ2n) is 5.51. The molecule has 0 aliphatic heterocycles. The summed E-state index contributed by atoms with van der Waals surface area (Å²) in [5.41, 5.74) is 2.76. The Hall–Kier alpha value is -1.14. The van der Waals surface area contributed by atoms with Crippen molar-refractivity contribution in [3.63, 3.8) is 0 Å². The molecule has 1 aliphatic carbocycles. The molecule has 2 rings (SSSR count). The summed E-state index contributed by atoms with van der Waals surface area (Å²) >= 11 is 1.55. The minimum absolute atomic E-state index is 0.0874. The summed E-state index contributed by atoms with van der Waals surface area (Å²) < 4.78 is 0. The number of aryl methyl sites for hydroxylation is 1. The number of thiazole rings is 1. The Labute approximate surface area is 124 Å². The van der Waals surface area contributed by atoms with Gasteiger partial charge in [0.2, 0.25) is 0 Å². The van der Waals surface area contributed by atoms with Crippen LogP contribution in [0.15, 0.2) is 5.51 Å². The van der Waals surface area contributed by atoms with E-state index in [1.54, 1.807) is 28.8 Å². The van der Waals surface area contributed by atoms with Crippen molar-refractivity contribution in [3.05, 3.63) is 16.1 Å². The van der Waals surface area contributed by atoms with Crippen LogP contribution in [0, 0.1) is 12.8 Å². The topological polar surface area (TPSA) is 65.5 Å². The average Bonchev–Trinajstić information content (AvgIpc) is 2.84. The third-order valence-electron chi connectivity index (χ3n) is 3.97. The lowest BCUT2D eigenvalue weighted by atomic mass is 9.86. The number of aliphatic hydroxyl groups is 1. The van der Waals surface area contributed by atoms with E-state index in [1.807, 2.05) is 6.92 Å². The number of rotatable bonds is 4. The van der Waals surface area contributed by atoms with Gasteiger partial charge in [-0.2, -0.15) is 0 Å². The van der Waals surface area contributed by atoms with E-state index in [1.165, 1.54) is 0 Å². The molecule has 0 aromatic carbocycles. The summed E-state index contributed by atoms with van der Waals surface area (Å²) in [5.74, 6) is 0.213. The van der Waals surface area contributed by atoms with Gasteiger partial charge in [-0.1, -0.05) is 12.8 Å². The van der Waals surface area contributed by atoms with Crippen LogP contribution in [0.3, 0.4) is 0 Å². The van der Waals surface area contributed by atoms with E-state index in [9.17, 15) is 9.90 Å². The third-order valence-corrected chi connectivity index (χ3v) is 4.90. The van der Waals surface area contributed by atoms with Crippen LogP contribution in [0.2, 0.25) is 0 Å². The van der Waals surface area contributed by atoms with Crippen LogP contribution in [-0.2, 0) is 6.54 Å². The largest absolute Gasteiger partial charge is 0.393 e. The Morgan fingerprint density at radius 3 is 2.95 bits per heavy atom. The van der Waals surface area contributed by atoms with Crippen LogP contribution in [0.25, 0.3) is 0 Å². The zero-order valence-corrected chi connectivity index (χ0v) is 12.9. The Morgan fingerprint density at radius 2 is 2.30 bits per heavy atom. The molecule has 2 N–H and O–H groups in total. The van der Waals surface area contributed by atoms with Crippen molar-refractivity contribution < 1.29 is 9.90 Å². The highest BCUT2D eigenvalue weighted by Gasteiger charge is 2.25. The minimum Gasteiger partial charge on any atom is -0.393 e. The van der Waals surface area contributed by atoms with Gasteiger partial charge in [0, 0.05) is 24.4 Å². The molecule has 20 heavy (non-hydrogen) atoms. The number of amides is 2. The van der Waals surface area contributed by atoms with Gasteiger partial charge in [0.05, 0.1) is 23.9 Å². The molecule has 2 amide bonds. The molecule has 1 fully saturated rings. The molecule has 2 atom stereocenters. The van der Waals surface area contributed by atoms with E-state index in [0.29, 0.717) is 13.1 Å². The van der Waals surface area contributed by atoms with Crippen LogP contribution < -0.4 is 5.32 Å². The summed E-state index contributed by atoms with van der Waals surface area (Å²) in [5, 5.41) is 12.9. The minimum atomic E-state index is -0.261. The third kappa shape index (κ3) is 3.93. The van der Waals surface area contributed by atoms with Crippen molar-refractivity contribution in [2.45, 2.75) is 45.3 Å². The zero-order chi connectivity index (χ0) is 14.5. The predicted octanol–water partition coefficient (Wildman–Crippen LogP) is 2.14. The van der Waals surface area contributed by atoms with Gasteiger partial charge in [-0.15, -0.1) is 11.3 Å². The molecule has 1 saturated carbocycles. The van der Waals surface area contributed by atoms with Crippen molar-refractivity contribution in [2.75, 3.05) is 13.6 Å². The van der Waals surface area contributed by atoms with Crippen LogP contribution in [0.1, 0.15) is 36.3 Å². The monoisotopic (exact) mass is 297 g/mol. The second-order valence-corrected chi connectivity index (χ2v) is 6.45. The average molecular weight is 297 g/mol. The molecule has 5 nitrogen and oxygen atoms in total. The van der Waals surface area contributed by atoms with Crippen LogP contribution >= 0.6 is 11.3 Å². The molecule has 6 heteroatoms. The first kappa shape index (κ1) is 15.3. The lowest BCUT2D eigenvalue weighted by Crippen LogP contribution is -2.42. The molecule has 1 aromatic rings. The van der Waals surface area contributed by atoms with E-state index in [0.717, 1.165) is 36.3 Å². The molecule has 0 unspecified atom stereocenters. The fourth-order valence-electron chi connectivity index (χ4n) is 2.62. The lowest BCUT2D eigenvalue weighted by Gasteiger charge is -2.31. The fraction of sp³-hybridized carbons (Fsp3) is 0.714. The van der Waals surface area contributed by atoms with E-state index in [-0.39, 0.29) is 18.1 Å². The summed E-state index contributed by atoms with van der Waals surface area (Å²) in [6, 6.07) is -0.0874. The van der Waals surface area contributed by atoms with Crippen LogP contribution in [0.5, 0.6) is 0 Å². The van der Waals surface area contributed by atoms with Gasteiger partial charge in [-0.05, 0) is 19.8 Å². The molecule has 0 spiro atoms. The molecule has 0 bridgehead atoms. The zero-order valence-electron chi connectivity index (χ0n) is 12.1. The van der Waals surface area contributed by atoms with E-state index in [4.69, 9.17) is 0 Å². The SMILES string of the molecule is Cc1ncsc1CNC(=O)N(C)C[C@@H]1CCCC[C@@H]1O. The van der Waals surface area contributed by atoms with Crippen molar-refractivity contribution in [1.82, 2.24) is 15.2 Å². The first-order valence-corrected chi connectivity index (χ1v) is 8.02. The number of nitrogens with zero attached hydrogens (tertiary/aromatic N) is 2. The maximum atomic E-state index is 12.0. The Morgan fingerprint density at radius 1 is 1.55 bits per heavy atom. The molecule has 0 saturated heterocycles. The number of carbonyl (C=O) groups excluding carboxylic acids is 1. The van der Waals surface area contributed by atoms with E-state index >= 15 is 0 Å². The first-order valence-electron chi connectivity index (χ1n) is 7.14. The molecule has 112 valence electrons. The Bertz CT molecular complexity index is 449. The molecular formula is C14H23N3O2S. The standard InChI is InChI=1S/C14H23N3O2S/c1-10-13(20-9-16-10)7-15-14(19)17(2)8-11-5-3-4-6-12(11)18/h9,11-12,18H,3-8H2,1-2H3,(H,15,19)/t11-,12-/m0/s1. The Kier molecular flexibility index (Phi) is 5.37. The Balaban J connectivity index is 1.78. The first-order chi connectivity index (χ1) is 9.58. The maximum absolute atomic E-state index is 12.0. The molecule has 1 heterocycles. The van der Waals surface area contributed by atoms with Gasteiger partial charge < -0.3 is 15.3 Å². The smallest absolute Gasteiger partial charge is 0.317 e. The van der Waals surface area contributed by atoms with Gasteiger partial charge in [0.25, 0.3) is 0 Å². The van der Waals surface area contributed by atoms with Crippen LogP contribution in [0.4, 0.5) is 4.79 Å². The maximum Gasteiger partial charge on any atom is 0.317 e. The van der Waals surface area contributed by atoms with Crippen molar-refractivity contribution >= 4 is 17.4 Å². The van der Waals surface area contributed by atoms with E-state index in [2.05, 4.69) is 10.3 Å². The predicted molar refractivity (Wildman–Crippen MR) is 79.7 cm³/mol. The number of hydrogen-bond acceptors (Lipinski definition) is 4. The summed E-state index contributed by atoms with van der Waals surface area (Å²) in [6.45, 7) is 3.08. The number of urea groups is 1. The fourth-order valence-corrected chi connectivity index (χ4v) is 3.34. The van der Waals surface area contributed by atoms with Crippen molar-refractivity contribution in [1.29, 1.82) is 0 Å². The number of aliphatic hydroxyl groups excluding tert-OH is 1. The molecular weight excluding hydrogens is 274 g/mol. The highest BCUT2D eigenvalue weighted by atomic mass is 32.1. The lowest BCUT2D eigenvalue weighted by molar-refractivity contribution is 0.0565. The molecule has 1 aromatic heterocycles. The number of nitrogens with one attached hydrogen (secondary N) is 1. The van der Waals surface area contributed by atoms with E-state index < -0.39 is 0 Å². The number of carbonyl (C=O) groups is 1. The summed E-state index contributed by atoms with van der Waals surface area (Å²) in [6.07, 6.45) is 3.85. The molecule has 0 radical (unpaired) electrons. The summed E-state index contributed by atoms with van der Waals surface area (Å²) in [4.78, 5) is 19.0. The normalized spacial score (nSPS) is 22.6. The summed E-state index contributed by atoms with van der Waals surface area (Å²) in [7, 11) is 1.79. The van der Waals surface area contributed by atoms with Gasteiger partial charge in [0.15, 0.2) is 0 Å². The van der Waals surface area contributed by atoms with Gasteiger partial charge in [0.1, 0.15) is 0 Å². The number of aromatic nitrogens is 1. The second kappa shape index (κ2) is 7.04. The van der Waals surface area contributed by atoms with Gasteiger partial charge in [-0.3, -0.25) is 0 Å². The van der Waals surface area contributed by atoms with Gasteiger partial charge >= 0.3 is 6.03 Å². The molecule has 1 aliphatic rings. The number of hydrogen-bond donors (Lipinski definition) is 2. The van der Waals surface area contributed by atoms with Crippen LogP contribution in [-0.4, -0.2) is 40.7 Å². The highest BCUT2D eigenvalue weighted by molar-refractivity contribution is 7.09. The highest BCUT2D eigenvalue weighted by Crippen LogP contribution is 2.24. The quantitative estimate of drug-likeness (QED) is 0.895.